The summed E-state index contributed by atoms with van der Waals surface area (Å²) in [4.78, 5) is 21.1. The maximum Gasteiger partial charge on any atom is 0.301 e. The topological polar surface area (TPSA) is 120 Å². The van der Waals surface area contributed by atoms with Crippen LogP contribution in [0.3, 0.4) is 0 Å². The first-order valence-electron chi connectivity index (χ1n) is 10.4. The molecule has 0 aromatic heterocycles. The Bertz CT molecular complexity index is 841. The van der Waals surface area contributed by atoms with Crippen LogP contribution in [0.2, 0.25) is 0 Å². The highest BCUT2D eigenvalue weighted by molar-refractivity contribution is 5.96. The standard InChI is InChI=1S/C20H26N4O5/c25-23(26)15-7-8-16(17(13-15)24(27)28)21-22-18-14-19(9-3-1-4-10-19)29-20(18)11-5-2-6-12-20/h7-8,13,21H,1-6,9-12,14H2/b22-18-. The summed E-state index contributed by atoms with van der Waals surface area (Å²) in [7, 11) is 0. The minimum atomic E-state index is -0.642. The number of hydrazone groups is 1. The van der Waals surface area contributed by atoms with E-state index in [0.29, 0.717) is 0 Å². The highest BCUT2D eigenvalue weighted by Gasteiger charge is 2.54. The van der Waals surface area contributed by atoms with Gasteiger partial charge in [-0.15, -0.1) is 0 Å². The number of nitrogens with zero attached hydrogens (tertiary/aromatic N) is 3. The normalized spacial score (nSPS) is 24.1. The largest absolute Gasteiger partial charge is 0.362 e. The number of nitrogens with one attached hydrogen (secondary N) is 1. The SMILES string of the molecule is O=[N+]([O-])c1ccc(N/N=C2/CC3(CCCCC3)OC23CCCCC3)c([N+](=O)[O-])c1. The lowest BCUT2D eigenvalue weighted by atomic mass is 9.79. The van der Waals surface area contributed by atoms with Gasteiger partial charge in [-0.05, 0) is 31.7 Å². The molecule has 9 nitrogen and oxygen atoms in total. The van der Waals surface area contributed by atoms with Crippen LogP contribution in [-0.4, -0.2) is 26.8 Å². The van der Waals surface area contributed by atoms with Crippen molar-refractivity contribution < 1.29 is 14.6 Å². The second-order valence-electron chi connectivity index (χ2n) is 8.46. The van der Waals surface area contributed by atoms with Crippen molar-refractivity contribution in [3.8, 4) is 0 Å². The van der Waals surface area contributed by atoms with E-state index in [-0.39, 0.29) is 28.3 Å². The third kappa shape index (κ3) is 3.83. The molecule has 0 unspecified atom stereocenters. The van der Waals surface area contributed by atoms with E-state index in [1.807, 2.05) is 0 Å². The quantitative estimate of drug-likeness (QED) is 0.553. The third-order valence-corrected chi connectivity index (χ3v) is 6.55. The number of nitro benzene ring substituents is 2. The van der Waals surface area contributed by atoms with Gasteiger partial charge in [0.25, 0.3) is 5.69 Å². The van der Waals surface area contributed by atoms with Crippen molar-refractivity contribution in [1.29, 1.82) is 0 Å². The number of non-ortho nitro benzene ring substituents is 1. The van der Waals surface area contributed by atoms with Crippen molar-refractivity contribution in [2.24, 2.45) is 5.10 Å². The number of benzene rings is 1. The van der Waals surface area contributed by atoms with Crippen molar-refractivity contribution in [2.75, 3.05) is 5.43 Å². The fraction of sp³-hybridized carbons (Fsp3) is 0.650. The Morgan fingerprint density at radius 2 is 1.59 bits per heavy atom. The molecule has 1 aromatic carbocycles. The summed E-state index contributed by atoms with van der Waals surface area (Å²) in [6.45, 7) is 0. The predicted molar refractivity (Wildman–Crippen MR) is 108 cm³/mol. The first kappa shape index (κ1) is 19.8. The molecule has 2 saturated carbocycles. The first-order chi connectivity index (χ1) is 13.9. The molecule has 156 valence electrons. The molecule has 1 aromatic rings. The third-order valence-electron chi connectivity index (χ3n) is 6.55. The zero-order valence-electron chi connectivity index (χ0n) is 16.4. The molecule has 9 heteroatoms. The van der Waals surface area contributed by atoms with Gasteiger partial charge in [0.1, 0.15) is 11.3 Å². The number of hydrogen-bond donors (Lipinski definition) is 1. The van der Waals surface area contributed by atoms with E-state index >= 15 is 0 Å². The molecule has 3 fully saturated rings. The molecule has 3 aliphatic rings. The maximum atomic E-state index is 11.4. The highest BCUT2D eigenvalue weighted by atomic mass is 16.6. The van der Waals surface area contributed by atoms with Gasteiger partial charge >= 0.3 is 5.69 Å². The number of nitro groups is 2. The van der Waals surface area contributed by atoms with Gasteiger partial charge in [-0.2, -0.15) is 5.10 Å². The van der Waals surface area contributed by atoms with Crippen LogP contribution in [0.5, 0.6) is 0 Å². The zero-order chi connectivity index (χ0) is 20.5. The van der Waals surface area contributed by atoms with Crippen molar-refractivity contribution in [3.05, 3.63) is 38.4 Å². The van der Waals surface area contributed by atoms with Crippen LogP contribution in [0.4, 0.5) is 17.1 Å². The molecule has 1 N–H and O–H groups in total. The summed E-state index contributed by atoms with van der Waals surface area (Å²) in [6, 6.07) is 3.56. The number of anilines is 1. The Labute approximate surface area is 168 Å². The Kier molecular flexibility index (Phi) is 5.24. The average molecular weight is 402 g/mol. The Hall–Kier alpha value is -2.55. The van der Waals surface area contributed by atoms with Crippen LogP contribution in [-0.2, 0) is 4.74 Å². The first-order valence-corrected chi connectivity index (χ1v) is 10.4. The lowest BCUT2D eigenvalue weighted by molar-refractivity contribution is -0.393. The van der Waals surface area contributed by atoms with Gasteiger partial charge in [-0.25, -0.2) is 0 Å². The second-order valence-corrected chi connectivity index (χ2v) is 8.46. The average Bonchev–Trinajstić information content (AvgIpc) is 2.99. The number of rotatable bonds is 4. The smallest absolute Gasteiger partial charge is 0.301 e. The summed E-state index contributed by atoms with van der Waals surface area (Å²) in [5.74, 6) is 0. The highest BCUT2D eigenvalue weighted by Crippen LogP contribution is 2.50. The summed E-state index contributed by atoms with van der Waals surface area (Å²) < 4.78 is 6.75. The van der Waals surface area contributed by atoms with E-state index in [2.05, 4.69) is 10.5 Å². The van der Waals surface area contributed by atoms with E-state index in [9.17, 15) is 20.2 Å². The van der Waals surface area contributed by atoms with Crippen molar-refractivity contribution >= 4 is 22.8 Å². The van der Waals surface area contributed by atoms with E-state index in [1.54, 1.807) is 0 Å². The molecule has 2 aliphatic carbocycles. The van der Waals surface area contributed by atoms with Crippen LogP contribution in [0.1, 0.15) is 70.6 Å². The van der Waals surface area contributed by atoms with Gasteiger partial charge in [0.05, 0.1) is 27.2 Å². The van der Waals surface area contributed by atoms with Crippen LogP contribution in [0, 0.1) is 20.2 Å². The van der Waals surface area contributed by atoms with E-state index in [4.69, 9.17) is 4.74 Å². The van der Waals surface area contributed by atoms with Crippen LogP contribution in [0.25, 0.3) is 0 Å². The van der Waals surface area contributed by atoms with Crippen LogP contribution < -0.4 is 5.43 Å². The molecular formula is C20H26N4O5. The number of hydrogen-bond acceptors (Lipinski definition) is 7. The minimum absolute atomic E-state index is 0.155. The molecule has 0 bridgehead atoms. The van der Waals surface area contributed by atoms with Crippen LogP contribution in [0.15, 0.2) is 23.3 Å². The summed E-state index contributed by atoms with van der Waals surface area (Å²) in [5, 5.41) is 27.0. The number of ether oxygens (including phenoxy) is 1. The van der Waals surface area contributed by atoms with Crippen molar-refractivity contribution in [1.82, 2.24) is 0 Å². The van der Waals surface area contributed by atoms with E-state index in [1.165, 1.54) is 25.0 Å². The lowest BCUT2D eigenvalue weighted by Crippen LogP contribution is -2.41. The van der Waals surface area contributed by atoms with Crippen molar-refractivity contribution in [2.45, 2.75) is 81.8 Å². The molecule has 29 heavy (non-hydrogen) atoms. The second kappa shape index (κ2) is 7.70. The molecular weight excluding hydrogens is 376 g/mol. The van der Waals surface area contributed by atoms with Gasteiger partial charge in [-0.3, -0.25) is 25.7 Å². The Morgan fingerprint density at radius 3 is 2.21 bits per heavy atom. The molecule has 1 aliphatic heterocycles. The maximum absolute atomic E-state index is 11.4. The summed E-state index contributed by atoms with van der Waals surface area (Å²) >= 11 is 0. The Balaban J connectivity index is 1.63. The van der Waals surface area contributed by atoms with Gasteiger partial charge < -0.3 is 4.74 Å². The monoisotopic (exact) mass is 402 g/mol. The molecule has 0 radical (unpaired) electrons. The molecule has 0 atom stereocenters. The summed E-state index contributed by atoms with van der Waals surface area (Å²) in [6.07, 6.45) is 11.6. The summed E-state index contributed by atoms with van der Waals surface area (Å²) in [5.41, 5.74) is 2.73. The molecule has 1 saturated heterocycles. The predicted octanol–water partition coefficient (Wildman–Crippen LogP) is 5.10. The van der Waals surface area contributed by atoms with Gasteiger partial charge in [-0.1, -0.05) is 38.5 Å². The molecule has 2 spiro atoms. The van der Waals surface area contributed by atoms with Gasteiger partial charge in [0.2, 0.25) is 0 Å². The van der Waals surface area contributed by atoms with Gasteiger partial charge in [0.15, 0.2) is 0 Å². The van der Waals surface area contributed by atoms with E-state index < -0.39 is 9.85 Å². The van der Waals surface area contributed by atoms with E-state index in [0.717, 1.165) is 69.6 Å². The lowest BCUT2D eigenvalue weighted by Gasteiger charge is -2.39. The molecule has 4 rings (SSSR count). The minimum Gasteiger partial charge on any atom is -0.362 e. The molecule has 0 amide bonds. The zero-order valence-corrected chi connectivity index (χ0v) is 16.4. The van der Waals surface area contributed by atoms with Crippen molar-refractivity contribution in [3.63, 3.8) is 0 Å². The molecule has 1 heterocycles. The fourth-order valence-electron chi connectivity index (χ4n) is 5.11. The van der Waals surface area contributed by atoms with Gasteiger partial charge in [0, 0.05) is 12.5 Å². The Morgan fingerprint density at radius 1 is 0.931 bits per heavy atom. The van der Waals surface area contributed by atoms with Crippen LogP contribution >= 0.6 is 0 Å². The fourth-order valence-corrected chi connectivity index (χ4v) is 5.11.